The van der Waals surface area contributed by atoms with E-state index in [4.69, 9.17) is 18.9 Å². The monoisotopic (exact) mass is 448 g/mol. The van der Waals surface area contributed by atoms with Gasteiger partial charge < -0.3 is 18.9 Å². The highest BCUT2D eigenvalue weighted by atomic mass is 16.7. The van der Waals surface area contributed by atoms with Crippen LogP contribution in [0.3, 0.4) is 0 Å². The molecule has 0 aromatic carbocycles. The molecule has 7 nitrogen and oxygen atoms in total. The van der Waals surface area contributed by atoms with Crippen LogP contribution in [0.5, 0.6) is 0 Å². The predicted molar refractivity (Wildman–Crippen MR) is 115 cm³/mol. The minimum Gasteiger partial charge on any atom is -0.469 e. The van der Waals surface area contributed by atoms with Gasteiger partial charge in [-0.2, -0.15) is 0 Å². The van der Waals surface area contributed by atoms with Gasteiger partial charge in [0, 0.05) is 25.5 Å². The molecule has 0 radical (unpaired) electrons. The van der Waals surface area contributed by atoms with Gasteiger partial charge >= 0.3 is 11.9 Å². The summed E-state index contributed by atoms with van der Waals surface area (Å²) in [5.74, 6) is -0.0986. The highest BCUT2D eigenvalue weighted by molar-refractivity contribution is 6.01. The Balaban J connectivity index is 1.68. The van der Waals surface area contributed by atoms with Gasteiger partial charge in [-0.25, -0.2) is 0 Å². The van der Waals surface area contributed by atoms with Gasteiger partial charge in [0.15, 0.2) is 12.1 Å². The average Bonchev–Trinajstić information content (AvgIpc) is 2.76. The van der Waals surface area contributed by atoms with Crippen LogP contribution in [0.4, 0.5) is 0 Å². The van der Waals surface area contributed by atoms with E-state index in [9.17, 15) is 14.4 Å². The molecule has 4 rings (SSSR count). The van der Waals surface area contributed by atoms with E-state index in [1.807, 2.05) is 0 Å². The molecule has 0 aromatic rings. The lowest BCUT2D eigenvalue weighted by Crippen LogP contribution is -2.52. The summed E-state index contributed by atoms with van der Waals surface area (Å²) in [4.78, 5) is 36.7. The number of methoxy groups -OCH3 is 1. The zero-order valence-corrected chi connectivity index (χ0v) is 19.5. The Labute approximate surface area is 190 Å². The Kier molecular flexibility index (Phi) is 7.06. The standard InChI is InChI=1S/C25H36O7/c1-15(26)31-17-9-10-25(2)16(12-17)13-21(32-23-6-4-5-11-30-23)24-18(14-22(28)29-3)20(27)8-7-19(24)25/h16-17,19,21,23H,4-14H2,1-3H3. The third-order valence-corrected chi connectivity index (χ3v) is 8.18. The van der Waals surface area contributed by atoms with Gasteiger partial charge in [0.2, 0.25) is 0 Å². The number of hydrogen-bond acceptors (Lipinski definition) is 7. The van der Waals surface area contributed by atoms with Crippen molar-refractivity contribution in [3.8, 4) is 0 Å². The molecule has 0 amide bonds. The van der Waals surface area contributed by atoms with E-state index >= 15 is 0 Å². The molecule has 2 saturated carbocycles. The van der Waals surface area contributed by atoms with Crippen molar-refractivity contribution in [2.24, 2.45) is 17.3 Å². The summed E-state index contributed by atoms with van der Waals surface area (Å²) in [6.45, 7) is 4.46. The van der Waals surface area contributed by atoms with Crippen molar-refractivity contribution < 1.29 is 33.3 Å². The number of ether oxygens (including phenoxy) is 4. The van der Waals surface area contributed by atoms with Crippen molar-refractivity contribution in [3.63, 3.8) is 0 Å². The molecule has 3 aliphatic carbocycles. The first-order valence-corrected chi connectivity index (χ1v) is 12.1. The second-order valence-corrected chi connectivity index (χ2v) is 10.1. The van der Waals surface area contributed by atoms with E-state index in [-0.39, 0.29) is 54.0 Å². The Hall–Kier alpha value is -1.73. The Morgan fingerprint density at radius 2 is 1.97 bits per heavy atom. The van der Waals surface area contributed by atoms with E-state index in [0.717, 1.165) is 56.9 Å². The number of fused-ring (bicyclic) bond motifs is 3. The van der Waals surface area contributed by atoms with Crippen molar-refractivity contribution in [1.29, 1.82) is 0 Å². The maximum Gasteiger partial charge on any atom is 0.310 e. The van der Waals surface area contributed by atoms with Crippen molar-refractivity contribution in [1.82, 2.24) is 0 Å². The van der Waals surface area contributed by atoms with Crippen LogP contribution in [-0.4, -0.2) is 49.9 Å². The number of hydrogen-bond donors (Lipinski definition) is 0. The minimum atomic E-state index is -0.389. The molecular weight excluding hydrogens is 412 g/mol. The molecule has 4 aliphatic rings. The van der Waals surface area contributed by atoms with E-state index in [0.29, 0.717) is 24.5 Å². The third kappa shape index (κ3) is 4.65. The van der Waals surface area contributed by atoms with Gasteiger partial charge in [-0.3, -0.25) is 14.4 Å². The summed E-state index contributed by atoms with van der Waals surface area (Å²) in [6, 6.07) is 0. The zero-order valence-electron chi connectivity index (χ0n) is 19.5. The molecule has 0 spiro atoms. The van der Waals surface area contributed by atoms with Crippen molar-refractivity contribution >= 4 is 17.7 Å². The molecule has 178 valence electrons. The quantitative estimate of drug-likeness (QED) is 0.466. The highest BCUT2D eigenvalue weighted by Crippen LogP contribution is 2.59. The Morgan fingerprint density at radius 3 is 2.66 bits per heavy atom. The fourth-order valence-corrected chi connectivity index (χ4v) is 6.54. The molecule has 32 heavy (non-hydrogen) atoms. The number of carbonyl (C=O) groups excluding carboxylic acids is 3. The van der Waals surface area contributed by atoms with Gasteiger partial charge in [-0.05, 0) is 74.2 Å². The summed E-state index contributed by atoms with van der Waals surface area (Å²) < 4.78 is 22.9. The predicted octanol–water partition coefficient (Wildman–Crippen LogP) is 3.88. The fourth-order valence-electron chi connectivity index (χ4n) is 6.54. The van der Waals surface area contributed by atoms with Crippen molar-refractivity contribution in [2.75, 3.05) is 13.7 Å². The summed E-state index contributed by atoms with van der Waals surface area (Å²) in [5.41, 5.74) is 1.59. The first-order valence-electron chi connectivity index (χ1n) is 12.1. The maximum absolute atomic E-state index is 13.0. The third-order valence-electron chi connectivity index (χ3n) is 8.18. The van der Waals surface area contributed by atoms with E-state index in [1.54, 1.807) is 0 Å². The largest absolute Gasteiger partial charge is 0.469 e. The van der Waals surface area contributed by atoms with Gasteiger partial charge in [-0.15, -0.1) is 0 Å². The number of carbonyl (C=O) groups is 3. The fraction of sp³-hybridized carbons (Fsp3) is 0.800. The summed E-state index contributed by atoms with van der Waals surface area (Å²) in [7, 11) is 1.36. The van der Waals surface area contributed by atoms with Crippen LogP contribution in [0.15, 0.2) is 11.1 Å². The van der Waals surface area contributed by atoms with Gasteiger partial charge in [-0.1, -0.05) is 6.92 Å². The number of Topliss-reactive ketones (excluding diaryl/α,β-unsaturated/α-hetero) is 1. The van der Waals surface area contributed by atoms with Crippen LogP contribution in [0.25, 0.3) is 0 Å². The second kappa shape index (κ2) is 9.64. The van der Waals surface area contributed by atoms with E-state index in [2.05, 4.69) is 6.92 Å². The molecule has 3 fully saturated rings. The van der Waals surface area contributed by atoms with Crippen LogP contribution in [0, 0.1) is 17.3 Å². The van der Waals surface area contributed by atoms with Crippen LogP contribution in [-0.2, 0) is 33.3 Å². The molecule has 0 N–H and O–H groups in total. The van der Waals surface area contributed by atoms with Gasteiger partial charge in [0.05, 0.1) is 19.6 Å². The molecular formula is C25H36O7. The molecule has 6 atom stereocenters. The average molecular weight is 449 g/mol. The zero-order chi connectivity index (χ0) is 22.9. The van der Waals surface area contributed by atoms with Gasteiger partial charge in [0.25, 0.3) is 0 Å². The molecule has 6 unspecified atom stereocenters. The SMILES string of the molecule is COC(=O)CC1=C2C(OC3CCCCO3)CC3CC(OC(C)=O)CCC3(C)C2CCC1=O. The van der Waals surface area contributed by atoms with Crippen LogP contribution in [0.2, 0.25) is 0 Å². The highest BCUT2D eigenvalue weighted by Gasteiger charge is 2.55. The molecule has 1 heterocycles. The van der Waals surface area contributed by atoms with Crippen molar-refractivity contribution in [2.45, 2.75) is 96.6 Å². The van der Waals surface area contributed by atoms with Crippen LogP contribution in [0.1, 0.15) is 78.1 Å². The normalized spacial score (nSPS) is 37.3. The lowest BCUT2D eigenvalue weighted by atomic mass is 9.50. The second-order valence-electron chi connectivity index (χ2n) is 10.1. The minimum absolute atomic E-state index is 0.00334. The molecule has 7 heteroatoms. The maximum atomic E-state index is 13.0. The van der Waals surface area contributed by atoms with E-state index in [1.165, 1.54) is 14.0 Å². The lowest BCUT2D eigenvalue weighted by Gasteiger charge is -2.56. The lowest BCUT2D eigenvalue weighted by molar-refractivity contribution is -0.199. The number of esters is 2. The molecule has 0 aromatic heterocycles. The van der Waals surface area contributed by atoms with Gasteiger partial charge in [0.1, 0.15) is 6.10 Å². The van der Waals surface area contributed by atoms with Crippen LogP contribution < -0.4 is 0 Å². The number of rotatable bonds is 5. The topological polar surface area (TPSA) is 88.1 Å². The summed E-state index contributed by atoms with van der Waals surface area (Å²) in [6.07, 6.45) is 6.86. The Bertz CT molecular complexity index is 781. The first kappa shape index (κ1) is 23.4. The van der Waals surface area contributed by atoms with Crippen LogP contribution >= 0.6 is 0 Å². The molecule has 1 saturated heterocycles. The van der Waals surface area contributed by atoms with Crippen molar-refractivity contribution in [3.05, 3.63) is 11.1 Å². The first-order chi connectivity index (χ1) is 15.3. The summed E-state index contributed by atoms with van der Waals surface area (Å²) >= 11 is 0. The molecule has 0 bridgehead atoms. The smallest absolute Gasteiger partial charge is 0.310 e. The Morgan fingerprint density at radius 1 is 1.16 bits per heavy atom. The van der Waals surface area contributed by atoms with E-state index < -0.39 is 0 Å². The molecule has 1 aliphatic heterocycles. The number of ketones is 1. The summed E-state index contributed by atoms with van der Waals surface area (Å²) in [5, 5.41) is 0.